The minimum atomic E-state index is -4.47. The molecular formula is C12H16F3N3O2. The van der Waals surface area contributed by atoms with Gasteiger partial charge in [-0.1, -0.05) is 0 Å². The molecule has 3 N–H and O–H groups in total. The minimum Gasteiger partial charge on any atom is -0.389 e. The Morgan fingerprint density at radius 3 is 2.40 bits per heavy atom. The van der Waals surface area contributed by atoms with Crippen molar-refractivity contribution in [3.05, 3.63) is 17.7 Å². The molecule has 0 amide bonds. The average molecular weight is 291 g/mol. The lowest BCUT2D eigenvalue weighted by molar-refractivity contribution is -0.137. The van der Waals surface area contributed by atoms with Crippen molar-refractivity contribution in [2.45, 2.75) is 25.3 Å². The van der Waals surface area contributed by atoms with Crippen molar-refractivity contribution < 1.29 is 23.4 Å². The summed E-state index contributed by atoms with van der Waals surface area (Å²) in [6.07, 6.45) is -6.43. The van der Waals surface area contributed by atoms with Crippen LogP contribution in [0.3, 0.4) is 0 Å². The molecule has 2 heterocycles. The van der Waals surface area contributed by atoms with Gasteiger partial charge in [-0.25, -0.2) is 4.98 Å². The number of hydrogen-bond acceptors (Lipinski definition) is 5. The molecule has 0 radical (unpaired) electrons. The molecule has 0 aromatic carbocycles. The molecule has 112 valence electrons. The maximum absolute atomic E-state index is 12.9. The van der Waals surface area contributed by atoms with Gasteiger partial charge in [0.05, 0.1) is 17.8 Å². The third-order valence-corrected chi connectivity index (χ3v) is 3.08. The summed E-state index contributed by atoms with van der Waals surface area (Å²) in [5, 5.41) is 21.7. The molecule has 8 heteroatoms. The smallest absolute Gasteiger partial charge is 0.389 e. The third kappa shape index (κ3) is 3.13. The van der Waals surface area contributed by atoms with Gasteiger partial charge in [0.15, 0.2) is 0 Å². The van der Waals surface area contributed by atoms with Gasteiger partial charge in [-0.3, -0.25) is 0 Å². The molecule has 1 fully saturated rings. The van der Waals surface area contributed by atoms with Crippen molar-refractivity contribution in [2.75, 3.05) is 29.9 Å². The van der Waals surface area contributed by atoms with E-state index in [0.29, 0.717) is 6.54 Å². The highest BCUT2D eigenvalue weighted by atomic mass is 19.4. The Labute approximate surface area is 114 Å². The summed E-state index contributed by atoms with van der Waals surface area (Å²) < 4.78 is 38.6. The largest absolute Gasteiger partial charge is 0.416 e. The lowest BCUT2D eigenvalue weighted by Crippen LogP contribution is -2.23. The molecule has 20 heavy (non-hydrogen) atoms. The highest BCUT2D eigenvalue weighted by Gasteiger charge is 2.35. The number of β-amino-alcohol motifs (C(OH)–C–C–N with tert-alkyl or cyclic N) is 2. The fourth-order valence-electron chi connectivity index (χ4n) is 2.07. The Morgan fingerprint density at radius 1 is 1.30 bits per heavy atom. The molecule has 5 nitrogen and oxygen atoms in total. The van der Waals surface area contributed by atoms with E-state index in [4.69, 9.17) is 0 Å². The van der Waals surface area contributed by atoms with Crippen molar-refractivity contribution in [3.8, 4) is 0 Å². The lowest BCUT2D eigenvalue weighted by atomic mass is 10.2. The zero-order valence-electron chi connectivity index (χ0n) is 10.9. The molecule has 0 saturated carbocycles. The second-order valence-corrected chi connectivity index (χ2v) is 4.67. The number of aliphatic hydroxyl groups excluding tert-OH is 2. The monoisotopic (exact) mass is 291 g/mol. The zero-order chi connectivity index (χ0) is 14.9. The number of alkyl halides is 3. The van der Waals surface area contributed by atoms with Crippen LogP contribution >= 0.6 is 0 Å². The summed E-state index contributed by atoms with van der Waals surface area (Å²) in [4.78, 5) is 5.52. The topological polar surface area (TPSA) is 68.6 Å². The van der Waals surface area contributed by atoms with E-state index < -0.39 is 23.9 Å². The summed E-state index contributed by atoms with van der Waals surface area (Å²) in [7, 11) is 0. The first-order valence-corrected chi connectivity index (χ1v) is 6.25. The SMILES string of the molecule is CCNc1cc(C(F)(F)F)cc(N2CC(O)C(O)C2)n1. The van der Waals surface area contributed by atoms with E-state index in [0.717, 1.165) is 12.1 Å². The van der Waals surface area contributed by atoms with E-state index in [1.165, 1.54) is 4.90 Å². The van der Waals surface area contributed by atoms with Gasteiger partial charge < -0.3 is 20.4 Å². The Kier molecular flexibility index (Phi) is 4.05. The summed E-state index contributed by atoms with van der Waals surface area (Å²) in [5.41, 5.74) is -0.811. The maximum Gasteiger partial charge on any atom is 0.416 e. The molecule has 1 aromatic rings. The number of pyridine rings is 1. The molecule has 1 aromatic heterocycles. The fourth-order valence-corrected chi connectivity index (χ4v) is 2.07. The highest BCUT2D eigenvalue weighted by Crippen LogP contribution is 2.33. The van der Waals surface area contributed by atoms with Crippen molar-refractivity contribution in [1.82, 2.24) is 4.98 Å². The van der Waals surface area contributed by atoms with E-state index >= 15 is 0 Å². The van der Waals surface area contributed by atoms with Crippen molar-refractivity contribution >= 4 is 11.6 Å². The molecule has 1 aliphatic rings. The van der Waals surface area contributed by atoms with Crippen LogP contribution in [-0.4, -0.2) is 47.0 Å². The molecule has 1 aliphatic heterocycles. The first kappa shape index (κ1) is 14.9. The summed E-state index contributed by atoms with van der Waals surface area (Å²) in [6.45, 7) is 2.31. The maximum atomic E-state index is 12.9. The normalized spacial score (nSPS) is 23.2. The molecule has 2 unspecified atom stereocenters. The molecular weight excluding hydrogens is 275 g/mol. The van der Waals surface area contributed by atoms with E-state index in [1.807, 2.05) is 0 Å². The van der Waals surface area contributed by atoms with E-state index in [2.05, 4.69) is 10.3 Å². The summed E-state index contributed by atoms with van der Waals surface area (Å²) >= 11 is 0. The van der Waals surface area contributed by atoms with Crippen LogP contribution in [-0.2, 0) is 6.18 Å². The fraction of sp³-hybridized carbons (Fsp3) is 0.583. The number of hydrogen-bond donors (Lipinski definition) is 3. The Morgan fingerprint density at radius 2 is 1.90 bits per heavy atom. The number of anilines is 2. The average Bonchev–Trinajstić information content (AvgIpc) is 2.69. The van der Waals surface area contributed by atoms with E-state index in [9.17, 15) is 23.4 Å². The van der Waals surface area contributed by atoms with Gasteiger partial charge >= 0.3 is 6.18 Å². The number of aromatic nitrogens is 1. The lowest BCUT2D eigenvalue weighted by Gasteiger charge is -2.19. The standard InChI is InChI=1S/C12H16F3N3O2/c1-2-16-10-3-7(12(13,14)15)4-11(17-10)18-5-8(19)9(20)6-18/h3-4,8-9,19-20H,2,5-6H2,1H3,(H,16,17). The second kappa shape index (κ2) is 5.45. The van der Waals surface area contributed by atoms with Gasteiger partial charge in [0.25, 0.3) is 0 Å². The van der Waals surface area contributed by atoms with Gasteiger partial charge in [-0.05, 0) is 19.1 Å². The van der Waals surface area contributed by atoms with Crippen LogP contribution < -0.4 is 10.2 Å². The number of halogens is 3. The number of aliphatic hydroxyl groups is 2. The van der Waals surface area contributed by atoms with Crippen LogP contribution in [0, 0.1) is 0 Å². The predicted octanol–water partition coefficient (Wildman–Crippen LogP) is 1.07. The molecule has 0 aliphatic carbocycles. The number of nitrogens with zero attached hydrogens (tertiary/aromatic N) is 2. The van der Waals surface area contributed by atoms with E-state index in [-0.39, 0.29) is 24.7 Å². The van der Waals surface area contributed by atoms with Crippen LogP contribution in [0.1, 0.15) is 12.5 Å². The quantitative estimate of drug-likeness (QED) is 0.777. The Balaban J connectivity index is 2.35. The van der Waals surface area contributed by atoms with Gasteiger partial charge in [0.1, 0.15) is 11.6 Å². The number of nitrogens with one attached hydrogen (secondary N) is 1. The van der Waals surface area contributed by atoms with Gasteiger partial charge in [-0.2, -0.15) is 13.2 Å². The summed E-state index contributed by atoms with van der Waals surface area (Å²) in [6, 6.07) is 1.86. The molecule has 1 saturated heterocycles. The van der Waals surface area contributed by atoms with Crippen molar-refractivity contribution in [2.24, 2.45) is 0 Å². The third-order valence-electron chi connectivity index (χ3n) is 3.08. The minimum absolute atomic E-state index is 0.0566. The number of rotatable bonds is 3. The second-order valence-electron chi connectivity index (χ2n) is 4.67. The molecule has 2 rings (SSSR count). The van der Waals surface area contributed by atoms with Crippen LogP contribution in [0.4, 0.5) is 24.8 Å². The van der Waals surface area contributed by atoms with Crippen molar-refractivity contribution in [1.29, 1.82) is 0 Å². The van der Waals surface area contributed by atoms with Crippen LogP contribution in [0.15, 0.2) is 12.1 Å². The Hall–Kier alpha value is -1.54. The van der Waals surface area contributed by atoms with Crippen LogP contribution in [0.25, 0.3) is 0 Å². The zero-order valence-corrected chi connectivity index (χ0v) is 10.9. The van der Waals surface area contributed by atoms with Crippen LogP contribution in [0.2, 0.25) is 0 Å². The van der Waals surface area contributed by atoms with Gasteiger partial charge in [-0.15, -0.1) is 0 Å². The van der Waals surface area contributed by atoms with Gasteiger partial charge in [0, 0.05) is 19.6 Å². The predicted molar refractivity (Wildman–Crippen MR) is 67.6 cm³/mol. The first-order valence-electron chi connectivity index (χ1n) is 6.25. The van der Waals surface area contributed by atoms with Gasteiger partial charge in [0.2, 0.25) is 0 Å². The molecule has 0 bridgehead atoms. The molecule has 0 spiro atoms. The summed E-state index contributed by atoms with van der Waals surface area (Å²) in [5.74, 6) is 0.208. The van der Waals surface area contributed by atoms with Crippen LogP contribution in [0.5, 0.6) is 0 Å². The van der Waals surface area contributed by atoms with E-state index in [1.54, 1.807) is 6.92 Å². The highest BCUT2D eigenvalue weighted by molar-refractivity contribution is 5.52. The first-order chi connectivity index (χ1) is 9.31. The Bertz CT molecular complexity index is 472. The molecule has 2 atom stereocenters. The van der Waals surface area contributed by atoms with Crippen molar-refractivity contribution in [3.63, 3.8) is 0 Å².